The molecule has 70 valence electrons. The summed E-state index contributed by atoms with van der Waals surface area (Å²) in [7, 11) is 1.43. The molecule has 0 bridgehead atoms. The minimum Gasteiger partial charge on any atom is -0.469 e. The summed E-state index contributed by atoms with van der Waals surface area (Å²) in [5.74, 6) is 1.84. The molecule has 0 spiro atoms. The summed E-state index contributed by atoms with van der Waals surface area (Å²) in [6.45, 7) is 5.51. The summed E-state index contributed by atoms with van der Waals surface area (Å²) >= 11 is 1.78. The molecule has 0 saturated heterocycles. The maximum atomic E-state index is 10.9. The lowest BCUT2D eigenvalue weighted by atomic mass is 10.1. The first-order chi connectivity index (χ1) is 5.72. The van der Waals surface area contributed by atoms with E-state index < -0.39 is 0 Å². The third-order valence-corrected chi connectivity index (χ3v) is 2.53. The SMILES string of the molecule is C=CCSCCC(C)C(=O)OC. The van der Waals surface area contributed by atoms with Gasteiger partial charge in [0.05, 0.1) is 13.0 Å². The van der Waals surface area contributed by atoms with Gasteiger partial charge in [0.1, 0.15) is 0 Å². The van der Waals surface area contributed by atoms with Crippen LogP contribution in [-0.2, 0) is 9.53 Å². The Labute approximate surface area is 78.4 Å². The number of thioether (sulfide) groups is 1. The van der Waals surface area contributed by atoms with Gasteiger partial charge in [0.2, 0.25) is 0 Å². The summed E-state index contributed by atoms with van der Waals surface area (Å²) < 4.78 is 4.60. The summed E-state index contributed by atoms with van der Waals surface area (Å²) in [5, 5.41) is 0. The molecule has 0 aromatic rings. The maximum absolute atomic E-state index is 10.9. The number of hydrogen-bond acceptors (Lipinski definition) is 3. The minimum absolute atomic E-state index is 0.0207. The van der Waals surface area contributed by atoms with E-state index in [1.54, 1.807) is 11.8 Å². The van der Waals surface area contributed by atoms with E-state index in [-0.39, 0.29) is 11.9 Å². The van der Waals surface area contributed by atoms with Gasteiger partial charge in [-0.25, -0.2) is 0 Å². The standard InChI is InChI=1S/C9H16O2S/c1-4-6-12-7-5-8(2)9(10)11-3/h4,8H,1,5-7H2,2-3H3. The average molecular weight is 188 g/mol. The molecule has 0 fully saturated rings. The van der Waals surface area contributed by atoms with Crippen molar-refractivity contribution < 1.29 is 9.53 Å². The van der Waals surface area contributed by atoms with Gasteiger partial charge in [0, 0.05) is 5.75 Å². The van der Waals surface area contributed by atoms with Gasteiger partial charge in [-0.05, 0) is 12.2 Å². The van der Waals surface area contributed by atoms with Crippen molar-refractivity contribution in [3.8, 4) is 0 Å². The van der Waals surface area contributed by atoms with Gasteiger partial charge in [-0.2, -0.15) is 11.8 Å². The van der Waals surface area contributed by atoms with Crippen LogP contribution in [0.1, 0.15) is 13.3 Å². The van der Waals surface area contributed by atoms with Crippen molar-refractivity contribution in [1.82, 2.24) is 0 Å². The molecular weight excluding hydrogens is 172 g/mol. The Balaban J connectivity index is 3.36. The number of rotatable bonds is 6. The number of carbonyl (C=O) groups is 1. The van der Waals surface area contributed by atoms with Crippen LogP contribution in [0.4, 0.5) is 0 Å². The molecule has 0 aromatic heterocycles. The highest BCUT2D eigenvalue weighted by atomic mass is 32.2. The lowest BCUT2D eigenvalue weighted by Gasteiger charge is -2.07. The average Bonchev–Trinajstić information content (AvgIpc) is 2.10. The van der Waals surface area contributed by atoms with Crippen molar-refractivity contribution in [3.63, 3.8) is 0 Å². The second kappa shape index (κ2) is 7.22. The topological polar surface area (TPSA) is 26.3 Å². The Morgan fingerprint density at radius 3 is 2.92 bits per heavy atom. The van der Waals surface area contributed by atoms with Gasteiger partial charge in [-0.15, -0.1) is 6.58 Å². The van der Waals surface area contributed by atoms with Crippen molar-refractivity contribution in [2.75, 3.05) is 18.6 Å². The summed E-state index contributed by atoms with van der Waals surface area (Å²) in [6, 6.07) is 0. The molecule has 0 N–H and O–H groups in total. The first-order valence-electron chi connectivity index (χ1n) is 3.98. The number of esters is 1. The fourth-order valence-corrected chi connectivity index (χ4v) is 1.60. The van der Waals surface area contributed by atoms with Crippen LogP contribution in [0.5, 0.6) is 0 Å². The van der Waals surface area contributed by atoms with E-state index in [1.807, 2.05) is 13.0 Å². The van der Waals surface area contributed by atoms with Crippen LogP contribution in [-0.4, -0.2) is 24.6 Å². The summed E-state index contributed by atoms with van der Waals surface area (Å²) in [6.07, 6.45) is 2.75. The quantitative estimate of drug-likeness (QED) is 0.363. The highest BCUT2D eigenvalue weighted by Gasteiger charge is 2.11. The van der Waals surface area contributed by atoms with Crippen molar-refractivity contribution in [3.05, 3.63) is 12.7 Å². The molecule has 0 heterocycles. The van der Waals surface area contributed by atoms with E-state index >= 15 is 0 Å². The first kappa shape index (κ1) is 11.6. The van der Waals surface area contributed by atoms with Gasteiger partial charge in [-0.3, -0.25) is 4.79 Å². The largest absolute Gasteiger partial charge is 0.469 e. The zero-order valence-electron chi connectivity index (χ0n) is 7.71. The molecule has 0 aliphatic heterocycles. The molecular formula is C9H16O2S. The lowest BCUT2D eigenvalue weighted by Crippen LogP contribution is -2.13. The van der Waals surface area contributed by atoms with Gasteiger partial charge in [-0.1, -0.05) is 13.0 Å². The van der Waals surface area contributed by atoms with Crippen molar-refractivity contribution in [1.29, 1.82) is 0 Å². The monoisotopic (exact) mass is 188 g/mol. The van der Waals surface area contributed by atoms with Crippen molar-refractivity contribution in [2.24, 2.45) is 5.92 Å². The molecule has 2 nitrogen and oxygen atoms in total. The van der Waals surface area contributed by atoms with Gasteiger partial charge >= 0.3 is 5.97 Å². The molecule has 0 aliphatic carbocycles. The fraction of sp³-hybridized carbons (Fsp3) is 0.667. The van der Waals surface area contributed by atoms with Crippen molar-refractivity contribution >= 4 is 17.7 Å². The van der Waals surface area contributed by atoms with E-state index in [4.69, 9.17) is 0 Å². The zero-order chi connectivity index (χ0) is 9.40. The molecule has 3 heteroatoms. The van der Waals surface area contributed by atoms with Gasteiger partial charge < -0.3 is 4.74 Å². The normalized spacial score (nSPS) is 12.2. The van der Waals surface area contributed by atoms with Gasteiger partial charge in [0.15, 0.2) is 0 Å². The van der Waals surface area contributed by atoms with E-state index in [9.17, 15) is 4.79 Å². The summed E-state index contributed by atoms with van der Waals surface area (Å²) in [4.78, 5) is 10.9. The molecule has 0 aliphatic rings. The third-order valence-electron chi connectivity index (χ3n) is 1.53. The van der Waals surface area contributed by atoms with E-state index in [1.165, 1.54) is 7.11 Å². The van der Waals surface area contributed by atoms with Crippen LogP contribution in [0.3, 0.4) is 0 Å². The molecule has 0 aromatic carbocycles. The Kier molecular flexibility index (Phi) is 6.96. The molecule has 1 atom stereocenters. The Hall–Kier alpha value is -0.440. The van der Waals surface area contributed by atoms with Crippen LogP contribution >= 0.6 is 11.8 Å². The van der Waals surface area contributed by atoms with E-state index in [0.717, 1.165) is 17.9 Å². The summed E-state index contributed by atoms with van der Waals surface area (Å²) in [5.41, 5.74) is 0. The second-order valence-corrected chi connectivity index (χ2v) is 3.73. The van der Waals surface area contributed by atoms with Crippen LogP contribution in [0.25, 0.3) is 0 Å². The predicted molar refractivity (Wildman–Crippen MR) is 53.3 cm³/mol. The van der Waals surface area contributed by atoms with Crippen LogP contribution in [0, 0.1) is 5.92 Å². The molecule has 0 amide bonds. The number of methoxy groups -OCH3 is 1. The fourth-order valence-electron chi connectivity index (χ4n) is 0.746. The highest BCUT2D eigenvalue weighted by Crippen LogP contribution is 2.10. The molecule has 1 unspecified atom stereocenters. The minimum atomic E-state index is -0.116. The van der Waals surface area contributed by atoms with Crippen LogP contribution in [0.2, 0.25) is 0 Å². The zero-order valence-corrected chi connectivity index (χ0v) is 8.52. The van der Waals surface area contributed by atoms with Crippen LogP contribution in [0.15, 0.2) is 12.7 Å². The lowest BCUT2D eigenvalue weighted by molar-refractivity contribution is -0.144. The molecule has 12 heavy (non-hydrogen) atoms. The van der Waals surface area contributed by atoms with Gasteiger partial charge in [0.25, 0.3) is 0 Å². The smallest absolute Gasteiger partial charge is 0.308 e. The Morgan fingerprint density at radius 2 is 2.42 bits per heavy atom. The maximum Gasteiger partial charge on any atom is 0.308 e. The van der Waals surface area contributed by atoms with Crippen molar-refractivity contribution in [2.45, 2.75) is 13.3 Å². The Bertz CT molecular complexity index is 145. The third kappa shape index (κ3) is 5.24. The molecule has 0 saturated carbocycles. The number of ether oxygens (including phenoxy) is 1. The number of carbonyl (C=O) groups excluding carboxylic acids is 1. The predicted octanol–water partition coefficient (Wildman–Crippen LogP) is 2.10. The molecule has 0 radical (unpaired) electrons. The highest BCUT2D eigenvalue weighted by molar-refractivity contribution is 7.99. The number of hydrogen-bond donors (Lipinski definition) is 0. The van der Waals surface area contributed by atoms with Crippen LogP contribution < -0.4 is 0 Å². The molecule has 0 rings (SSSR count). The van der Waals surface area contributed by atoms with E-state index in [2.05, 4.69) is 11.3 Å². The second-order valence-electron chi connectivity index (χ2n) is 2.58. The van der Waals surface area contributed by atoms with E-state index in [0.29, 0.717) is 0 Å². The first-order valence-corrected chi connectivity index (χ1v) is 5.14. The Morgan fingerprint density at radius 1 is 1.75 bits per heavy atom.